The standard InChI is InChI=1S/Ca.Cu.O.Pb.Sr.Tl.6H/q+2;;;;+2;;;;4*-1. The summed E-state index contributed by atoms with van der Waals surface area (Å²) in [5.74, 6) is 0. The second kappa shape index (κ2) is 32.7. The maximum absolute atomic E-state index is 7.81. The van der Waals surface area contributed by atoms with Gasteiger partial charge in [0.05, 0.1) is 0 Å². The Labute approximate surface area is 159 Å². The third kappa shape index (κ3) is 23.1. The van der Waals surface area contributed by atoms with Crippen LogP contribution in [0.2, 0.25) is 0 Å². The summed E-state index contributed by atoms with van der Waals surface area (Å²) in [4.78, 5) is 0. The fraction of sp³-hybridized carbons (Fsp3) is 0. The van der Waals surface area contributed by atoms with Gasteiger partial charge in [-0.1, -0.05) is 0 Å². The SMILES string of the molecule is [Ca+2].[H-].[H-].[H-].[H-].[O]=[Cu].[PbH2].[Sr+2].[Tl]. The smallest absolute Gasteiger partial charge is 0 e. The number of hydrogen-bond acceptors (Lipinski definition) is 1. The van der Waals surface area contributed by atoms with Crippen molar-refractivity contribution in [3.8, 4) is 0 Å². The Bertz CT molecular complexity index is 25.2. The molecule has 0 aliphatic rings. The van der Waals surface area contributed by atoms with E-state index in [9.17, 15) is 0 Å². The molecule has 1 nitrogen and oxygen atoms in total. The fourth-order valence-electron chi connectivity index (χ4n) is 0. The first-order chi connectivity index (χ1) is 1.00. The van der Waals surface area contributed by atoms with Gasteiger partial charge < -0.3 is 5.71 Å². The largest absolute Gasteiger partial charge is 2.00 e. The molecule has 6 heavy (non-hydrogen) atoms. The minimum atomic E-state index is 0. The molecule has 0 amide bonds. The Hall–Kier alpha value is 4.90. The molecule has 0 aromatic rings. The molecule has 0 spiro atoms. The van der Waals surface area contributed by atoms with Crippen LogP contribution in [0.1, 0.15) is 5.71 Å². The van der Waals surface area contributed by atoms with Crippen LogP contribution < -0.4 is 0 Å². The van der Waals surface area contributed by atoms with Crippen LogP contribution in [0.25, 0.3) is 0 Å². The normalized spacial score (nSPS) is 1.00. The Morgan fingerprint density at radius 2 is 1.33 bits per heavy atom. The third-order valence-electron chi connectivity index (χ3n) is 0. The van der Waals surface area contributed by atoms with E-state index in [1.54, 1.807) is 0 Å². The Morgan fingerprint density at radius 3 is 1.33 bits per heavy atom. The minimum absolute atomic E-state index is 0. The molecule has 3 radical (unpaired) electrons. The molecule has 0 unspecified atom stereocenters. The molecule has 6 heteroatoms. The van der Waals surface area contributed by atoms with Gasteiger partial charge in [-0.25, -0.2) is 0 Å². The first-order valence-corrected chi connectivity index (χ1v) is 0.508. The maximum Gasteiger partial charge on any atom is 2.00 e. The van der Waals surface area contributed by atoms with Crippen LogP contribution in [0, 0.1) is 0 Å². The van der Waals surface area contributed by atoms with E-state index in [2.05, 4.69) is 15.9 Å². The Balaban J connectivity index is -0.000000000179. The van der Waals surface area contributed by atoms with Crippen molar-refractivity contribution in [1.29, 1.82) is 0 Å². The van der Waals surface area contributed by atoms with Crippen molar-refractivity contribution >= 4 is 138 Å². The summed E-state index contributed by atoms with van der Waals surface area (Å²) < 4.78 is 7.81. The molecule has 0 atom stereocenters. The van der Waals surface area contributed by atoms with Crippen molar-refractivity contribution in [2.45, 2.75) is 0 Å². The molecule has 0 aliphatic heterocycles. The van der Waals surface area contributed by atoms with Crippen LogP contribution in [-0.2, 0) is 19.8 Å². The molecule has 0 aliphatic carbocycles. The molecular weight excluding hydrogens is 619 g/mol. The quantitative estimate of drug-likeness (QED) is 0.293. The molecule has 0 aromatic heterocycles. The van der Waals surface area contributed by atoms with E-state index in [4.69, 9.17) is 3.83 Å². The van der Waals surface area contributed by atoms with E-state index in [0.717, 1.165) is 0 Å². The molecule has 0 saturated heterocycles. The summed E-state index contributed by atoms with van der Waals surface area (Å²) in [6.45, 7) is 0. The molecule has 0 fully saturated rings. The predicted molar refractivity (Wildman–Crippen MR) is 30.9 cm³/mol. The predicted octanol–water partition coefficient (Wildman–Crippen LogP) is -1.73. The summed E-state index contributed by atoms with van der Waals surface area (Å²) in [7, 11) is 0. The van der Waals surface area contributed by atoms with Gasteiger partial charge in [-0.2, -0.15) is 0 Å². The van der Waals surface area contributed by atoms with Gasteiger partial charge in [-0.3, -0.25) is 0 Å². The minimum Gasteiger partial charge on any atom is 0 e. The van der Waals surface area contributed by atoms with Gasteiger partial charge in [-0.05, 0) is 0 Å². The zero-order valence-electron chi connectivity index (χ0n) is 7.41. The number of hydrogen-bond donors (Lipinski definition) is 0. The third-order valence-corrected chi connectivity index (χ3v) is 0. The van der Waals surface area contributed by atoms with Gasteiger partial charge in [0, 0.05) is 27.3 Å². The fourth-order valence-corrected chi connectivity index (χ4v) is 0. The van der Waals surface area contributed by atoms with Gasteiger partial charge in [0.25, 0.3) is 0 Å². The molecule has 34 valence electrons. The second-order valence-electron chi connectivity index (χ2n) is 0. The average molecular weight is 625 g/mol. The van der Waals surface area contributed by atoms with Gasteiger partial charge in [0.15, 0.2) is 0 Å². The molecule has 0 aromatic carbocycles. The molecule has 0 rings (SSSR count). The Morgan fingerprint density at radius 1 is 1.33 bits per heavy atom. The maximum atomic E-state index is 7.81. The zero-order chi connectivity index (χ0) is 2.00. The molecule has 0 heterocycles. The summed E-state index contributed by atoms with van der Waals surface area (Å²) >= 11 is 2.94. The van der Waals surface area contributed by atoms with Crippen LogP contribution in [0.3, 0.4) is 0 Å². The van der Waals surface area contributed by atoms with E-state index in [1.807, 2.05) is 0 Å². The van der Waals surface area contributed by atoms with E-state index < -0.39 is 0 Å². The van der Waals surface area contributed by atoms with E-state index in [0.29, 0.717) is 0 Å². The van der Waals surface area contributed by atoms with Gasteiger partial charge in [-0.15, -0.1) is 0 Å². The van der Waals surface area contributed by atoms with Gasteiger partial charge >= 0.3 is 130 Å². The van der Waals surface area contributed by atoms with E-state index in [-0.39, 0.29) is 144 Å². The van der Waals surface area contributed by atoms with Crippen molar-refractivity contribution in [3.63, 3.8) is 0 Å². The van der Waals surface area contributed by atoms with Crippen LogP contribution in [-0.4, -0.2) is 138 Å². The van der Waals surface area contributed by atoms with Crippen LogP contribution in [0.15, 0.2) is 0 Å². The van der Waals surface area contributed by atoms with Crippen LogP contribution >= 0.6 is 0 Å². The van der Waals surface area contributed by atoms with Crippen molar-refractivity contribution in [2.75, 3.05) is 0 Å². The summed E-state index contributed by atoms with van der Waals surface area (Å²) in [6.07, 6.45) is 0. The van der Waals surface area contributed by atoms with Gasteiger partial charge in [0.1, 0.15) is 0 Å². The summed E-state index contributed by atoms with van der Waals surface area (Å²) in [5, 5.41) is 0. The van der Waals surface area contributed by atoms with Crippen LogP contribution in [0.5, 0.6) is 0 Å². The van der Waals surface area contributed by atoms with E-state index >= 15 is 0 Å². The first-order valence-electron chi connectivity index (χ1n) is 0.123. The van der Waals surface area contributed by atoms with Crippen molar-refractivity contribution in [2.24, 2.45) is 0 Å². The summed E-state index contributed by atoms with van der Waals surface area (Å²) in [6, 6.07) is 0. The number of rotatable bonds is 0. The summed E-state index contributed by atoms with van der Waals surface area (Å²) in [5.41, 5.74) is 0. The van der Waals surface area contributed by atoms with Crippen molar-refractivity contribution in [3.05, 3.63) is 0 Å². The average Bonchev–Trinajstić information content (AvgIpc) is 1.00. The van der Waals surface area contributed by atoms with Crippen molar-refractivity contribution in [1.82, 2.24) is 0 Å². The molecule has 0 saturated carbocycles. The second-order valence-corrected chi connectivity index (χ2v) is 0. The molecule has 0 N–H and O–H groups in total. The van der Waals surface area contributed by atoms with Crippen LogP contribution in [0.4, 0.5) is 0 Å². The van der Waals surface area contributed by atoms with Gasteiger partial charge in [0.2, 0.25) is 0 Å². The first kappa shape index (κ1) is 30.7. The monoisotopic (exact) mass is 626 g/mol. The molecular formula is H6CaCuOPbSrTl. The topological polar surface area (TPSA) is 17.1 Å². The van der Waals surface area contributed by atoms with Crippen molar-refractivity contribution < 1.29 is 25.5 Å². The van der Waals surface area contributed by atoms with E-state index in [1.165, 1.54) is 0 Å². The molecule has 0 bridgehead atoms. The Kier molecular flexibility index (Phi) is 167. The zero-order valence-corrected chi connectivity index (χ0v) is 20.0.